The predicted molar refractivity (Wildman–Crippen MR) is 75.8 cm³/mol. The highest BCUT2D eigenvalue weighted by atomic mass is 19.4. The average molecular weight is 333 g/mol. The summed E-state index contributed by atoms with van der Waals surface area (Å²) in [6, 6.07) is 3.02. The molecule has 0 aromatic heterocycles. The number of ether oxygens (including phenoxy) is 1. The summed E-state index contributed by atoms with van der Waals surface area (Å²) in [6.07, 6.45) is -6.03. The Labute approximate surface area is 131 Å². The number of carbonyl (C=O) groups excluding carboxylic acids is 1. The Morgan fingerprint density at radius 1 is 1.26 bits per heavy atom. The smallest absolute Gasteiger partial charge is 0.416 e. The summed E-state index contributed by atoms with van der Waals surface area (Å²) >= 11 is 0. The molecule has 0 heterocycles. The number of carbonyl (C=O) groups is 2. The van der Waals surface area contributed by atoms with Crippen molar-refractivity contribution in [1.29, 1.82) is 0 Å². The second-order valence-corrected chi connectivity index (χ2v) is 5.92. The van der Waals surface area contributed by atoms with E-state index in [9.17, 15) is 22.8 Å². The molecule has 23 heavy (non-hydrogen) atoms. The van der Waals surface area contributed by atoms with Crippen LogP contribution >= 0.6 is 0 Å². The van der Waals surface area contributed by atoms with Crippen LogP contribution in [0.3, 0.4) is 0 Å². The number of alkyl carbamates (subject to hydrolysis) is 1. The molecule has 0 aliphatic rings. The van der Waals surface area contributed by atoms with Crippen molar-refractivity contribution in [3.8, 4) is 0 Å². The zero-order chi connectivity index (χ0) is 17.8. The number of halogens is 3. The molecule has 1 atom stereocenters. The summed E-state index contributed by atoms with van der Waals surface area (Å²) in [5.41, 5.74) is -1.70. The van der Waals surface area contributed by atoms with Gasteiger partial charge in [-0.25, -0.2) is 4.79 Å². The highest BCUT2D eigenvalue weighted by Crippen LogP contribution is 2.31. The highest BCUT2D eigenvalue weighted by Gasteiger charge is 2.31. The lowest BCUT2D eigenvalue weighted by Crippen LogP contribution is -2.35. The monoisotopic (exact) mass is 333 g/mol. The van der Waals surface area contributed by atoms with Gasteiger partial charge in [0.2, 0.25) is 0 Å². The van der Waals surface area contributed by atoms with Crippen LogP contribution in [0.5, 0.6) is 0 Å². The average Bonchev–Trinajstić information content (AvgIpc) is 2.34. The molecule has 1 amide bonds. The van der Waals surface area contributed by atoms with Crippen LogP contribution in [-0.4, -0.2) is 22.8 Å². The van der Waals surface area contributed by atoms with E-state index in [1.165, 1.54) is 6.07 Å². The van der Waals surface area contributed by atoms with Crippen LogP contribution in [0.15, 0.2) is 24.3 Å². The number of benzene rings is 1. The normalized spacial score (nSPS) is 13.3. The zero-order valence-corrected chi connectivity index (χ0v) is 12.9. The first-order valence-electron chi connectivity index (χ1n) is 6.77. The third-order valence-corrected chi connectivity index (χ3v) is 2.69. The Morgan fingerprint density at radius 3 is 2.35 bits per heavy atom. The first-order valence-corrected chi connectivity index (χ1v) is 6.77. The first kappa shape index (κ1) is 18.8. The number of amides is 1. The molecule has 5 nitrogen and oxygen atoms in total. The molecule has 8 heteroatoms. The van der Waals surface area contributed by atoms with Crippen LogP contribution in [-0.2, 0) is 15.7 Å². The van der Waals surface area contributed by atoms with Crippen LogP contribution in [0.25, 0.3) is 0 Å². The van der Waals surface area contributed by atoms with Gasteiger partial charge in [0.1, 0.15) is 5.60 Å². The molecule has 2 N–H and O–H groups in total. The van der Waals surface area contributed by atoms with Gasteiger partial charge in [0.05, 0.1) is 18.0 Å². The highest BCUT2D eigenvalue weighted by molar-refractivity contribution is 5.72. The summed E-state index contributed by atoms with van der Waals surface area (Å²) in [5, 5.41) is 11.2. The fourth-order valence-corrected chi connectivity index (χ4v) is 1.81. The molecule has 0 saturated heterocycles. The van der Waals surface area contributed by atoms with Gasteiger partial charge in [-0.2, -0.15) is 13.2 Å². The van der Waals surface area contributed by atoms with Crippen molar-refractivity contribution in [3.63, 3.8) is 0 Å². The Hall–Kier alpha value is -2.25. The standard InChI is InChI=1S/C15H18F3NO4/c1-14(2,3)23-13(22)19-11(8-12(20)21)9-5-4-6-10(7-9)15(16,17)18/h4-7,11H,8H2,1-3H3,(H,19,22)(H,20,21)/t11-/m0/s1. The van der Waals surface area contributed by atoms with Crippen LogP contribution in [0, 0.1) is 0 Å². The molecule has 0 radical (unpaired) electrons. The molecular weight excluding hydrogens is 315 g/mol. The Kier molecular flexibility index (Phi) is 5.63. The van der Waals surface area contributed by atoms with Gasteiger partial charge in [0.15, 0.2) is 0 Å². The van der Waals surface area contributed by atoms with E-state index >= 15 is 0 Å². The van der Waals surface area contributed by atoms with E-state index in [-0.39, 0.29) is 5.56 Å². The molecule has 128 valence electrons. The van der Waals surface area contributed by atoms with Crippen molar-refractivity contribution < 1.29 is 32.6 Å². The third kappa shape index (κ3) is 6.58. The van der Waals surface area contributed by atoms with E-state index in [4.69, 9.17) is 9.84 Å². The molecule has 1 aromatic carbocycles. The maximum Gasteiger partial charge on any atom is 0.416 e. The van der Waals surface area contributed by atoms with Crippen LogP contribution in [0.4, 0.5) is 18.0 Å². The predicted octanol–water partition coefficient (Wildman–Crippen LogP) is 3.75. The van der Waals surface area contributed by atoms with Crippen molar-refractivity contribution in [3.05, 3.63) is 35.4 Å². The van der Waals surface area contributed by atoms with Gasteiger partial charge in [0.25, 0.3) is 0 Å². The minimum absolute atomic E-state index is 0.0353. The lowest BCUT2D eigenvalue weighted by molar-refractivity contribution is -0.138. The number of nitrogens with one attached hydrogen (secondary N) is 1. The summed E-state index contributed by atoms with van der Waals surface area (Å²) in [7, 11) is 0. The van der Waals surface area contributed by atoms with Crippen molar-refractivity contribution in [2.24, 2.45) is 0 Å². The van der Waals surface area contributed by atoms with Crippen LogP contribution in [0.1, 0.15) is 44.4 Å². The largest absolute Gasteiger partial charge is 0.481 e. The van der Waals surface area contributed by atoms with E-state index in [1.54, 1.807) is 20.8 Å². The van der Waals surface area contributed by atoms with E-state index in [0.717, 1.165) is 18.2 Å². The van der Waals surface area contributed by atoms with Gasteiger partial charge >= 0.3 is 18.2 Å². The van der Waals surface area contributed by atoms with Gasteiger partial charge in [-0.3, -0.25) is 4.79 Å². The van der Waals surface area contributed by atoms with Crippen molar-refractivity contribution in [1.82, 2.24) is 5.32 Å². The summed E-state index contributed by atoms with van der Waals surface area (Å²) < 4.78 is 43.3. The molecule has 0 aliphatic carbocycles. The fourth-order valence-electron chi connectivity index (χ4n) is 1.81. The van der Waals surface area contributed by atoms with Crippen molar-refractivity contribution >= 4 is 12.1 Å². The number of carboxylic acid groups (broad SMARTS) is 1. The van der Waals surface area contributed by atoms with Gasteiger partial charge in [0, 0.05) is 0 Å². The molecule has 0 bridgehead atoms. The van der Waals surface area contributed by atoms with E-state index in [2.05, 4.69) is 5.32 Å². The lowest BCUT2D eigenvalue weighted by atomic mass is 10.0. The number of carboxylic acids is 1. The zero-order valence-electron chi connectivity index (χ0n) is 12.9. The quantitative estimate of drug-likeness (QED) is 0.880. The minimum atomic E-state index is -4.56. The number of rotatable bonds is 4. The minimum Gasteiger partial charge on any atom is -0.481 e. The second-order valence-electron chi connectivity index (χ2n) is 5.92. The second kappa shape index (κ2) is 6.89. The fraction of sp³-hybridized carbons (Fsp3) is 0.467. The topological polar surface area (TPSA) is 75.6 Å². The van der Waals surface area contributed by atoms with E-state index in [0.29, 0.717) is 0 Å². The molecule has 0 unspecified atom stereocenters. The summed E-state index contributed by atoms with van der Waals surface area (Å²) in [4.78, 5) is 22.7. The SMILES string of the molecule is CC(C)(C)OC(=O)N[C@@H](CC(=O)O)c1cccc(C(F)(F)F)c1. The van der Waals surface area contributed by atoms with Gasteiger partial charge in [-0.1, -0.05) is 12.1 Å². The lowest BCUT2D eigenvalue weighted by Gasteiger charge is -2.23. The molecular formula is C15H18F3NO4. The first-order chi connectivity index (χ1) is 10.4. The molecule has 0 fully saturated rings. The number of alkyl halides is 3. The number of hydrogen-bond acceptors (Lipinski definition) is 3. The van der Waals surface area contributed by atoms with Gasteiger partial charge < -0.3 is 15.2 Å². The van der Waals surface area contributed by atoms with E-state index in [1.807, 2.05) is 0 Å². The Balaban J connectivity index is 3.03. The number of aliphatic carboxylic acids is 1. The Bertz CT molecular complexity index is 579. The van der Waals surface area contributed by atoms with Gasteiger partial charge in [-0.05, 0) is 38.5 Å². The molecule has 1 aromatic rings. The molecule has 0 aliphatic heterocycles. The van der Waals surface area contributed by atoms with Gasteiger partial charge in [-0.15, -0.1) is 0 Å². The van der Waals surface area contributed by atoms with Crippen LogP contribution < -0.4 is 5.32 Å². The van der Waals surface area contributed by atoms with Crippen LogP contribution in [0.2, 0.25) is 0 Å². The molecule has 0 saturated carbocycles. The van der Waals surface area contributed by atoms with E-state index < -0.39 is 41.9 Å². The van der Waals surface area contributed by atoms with Crippen molar-refractivity contribution in [2.75, 3.05) is 0 Å². The third-order valence-electron chi connectivity index (χ3n) is 2.69. The summed E-state index contributed by atoms with van der Waals surface area (Å²) in [6.45, 7) is 4.84. The maximum atomic E-state index is 12.8. The molecule has 1 rings (SSSR count). The number of hydrogen-bond donors (Lipinski definition) is 2. The van der Waals surface area contributed by atoms with Crippen molar-refractivity contribution in [2.45, 2.75) is 45.0 Å². The molecule has 0 spiro atoms. The maximum absolute atomic E-state index is 12.8. The Morgan fingerprint density at radius 2 is 1.87 bits per heavy atom. The summed E-state index contributed by atoms with van der Waals surface area (Å²) in [5.74, 6) is -1.26.